The Labute approximate surface area is 100 Å². The van der Waals surface area contributed by atoms with Crippen molar-refractivity contribution in [3.05, 3.63) is 36.0 Å². The first-order valence-electron chi connectivity index (χ1n) is 6.93. The molecule has 0 unspecified atom stereocenters. The summed E-state index contributed by atoms with van der Waals surface area (Å²) in [5.41, 5.74) is 3.07. The van der Waals surface area contributed by atoms with Crippen LogP contribution in [0.25, 0.3) is 0 Å². The molecule has 0 aromatic rings. The molecule has 2 aliphatic carbocycles. The molecule has 88 valence electrons. The van der Waals surface area contributed by atoms with Gasteiger partial charge in [0.05, 0.1) is 0 Å². The second-order valence-corrected chi connectivity index (χ2v) is 5.21. The van der Waals surface area contributed by atoms with Gasteiger partial charge in [0.15, 0.2) is 0 Å². The van der Waals surface area contributed by atoms with E-state index in [2.05, 4.69) is 24.8 Å². The van der Waals surface area contributed by atoms with Crippen molar-refractivity contribution in [3.63, 3.8) is 0 Å². The van der Waals surface area contributed by atoms with E-state index in [4.69, 9.17) is 0 Å². The first-order valence-corrected chi connectivity index (χ1v) is 6.93. The van der Waals surface area contributed by atoms with Gasteiger partial charge in [-0.05, 0) is 50.0 Å². The Morgan fingerprint density at radius 3 is 2.56 bits per heavy atom. The summed E-state index contributed by atoms with van der Waals surface area (Å²) in [6.45, 7) is 4.01. The highest BCUT2D eigenvalue weighted by Gasteiger charge is 2.16. The standard InChI is InChI=1S/C16H24/c1-2-15(16-11-7-4-8-12-16)13-14-9-5-3-6-10-14/h2,9,13,16H,1,3-8,10-12H2. The van der Waals surface area contributed by atoms with Crippen molar-refractivity contribution in [1.29, 1.82) is 0 Å². The third kappa shape index (κ3) is 3.10. The third-order valence-electron chi connectivity index (χ3n) is 3.99. The Morgan fingerprint density at radius 1 is 1.12 bits per heavy atom. The van der Waals surface area contributed by atoms with E-state index >= 15 is 0 Å². The zero-order valence-corrected chi connectivity index (χ0v) is 10.4. The van der Waals surface area contributed by atoms with Gasteiger partial charge in [0.2, 0.25) is 0 Å². The van der Waals surface area contributed by atoms with Crippen LogP contribution in [0.3, 0.4) is 0 Å². The molecule has 0 amide bonds. The second-order valence-electron chi connectivity index (χ2n) is 5.21. The number of hydrogen-bond donors (Lipinski definition) is 0. The minimum Gasteiger partial charge on any atom is -0.0988 e. The summed E-state index contributed by atoms with van der Waals surface area (Å²) in [5.74, 6) is 0.800. The van der Waals surface area contributed by atoms with Crippen LogP contribution in [-0.4, -0.2) is 0 Å². The summed E-state index contributed by atoms with van der Waals surface area (Å²) >= 11 is 0. The van der Waals surface area contributed by atoms with E-state index in [1.165, 1.54) is 63.4 Å². The average molecular weight is 216 g/mol. The number of rotatable bonds is 3. The van der Waals surface area contributed by atoms with E-state index in [0.29, 0.717) is 0 Å². The molecule has 0 spiro atoms. The van der Waals surface area contributed by atoms with Gasteiger partial charge in [-0.25, -0.2) is 0 Å². The normalized spacial score (nSPS) is 24.0. The maximum atomic E-state index is 4.01. The molecule has 0 bridgehead atoms. The summed E-state index contributed by atoms with van der Waals surface area (Å²) in [6, 6.07) is 0. The summed E-state index contributed by atoms with van der Waals surface area (Å²) in [4.78, 5) is 0. The lowest BCUT2D eigenvalue weighted by atomic mass is 9.82. The molecule has 2 aliphatic rings. The van der Waals surface area contributed by atoms with Gasteiger partial charge in [0.25, 0.3) is 0 Å². The quantitative estimate of drug-likeness (QED) is 0.570. The van der Waals surface area contributed by atoms with Crippen LogP contribution in [0.1, 0.15) is 57.8 Å². The van der Waals surface area contributed by atoms with Gasteiger partial charge in [0, 0.05) is 0 Å². The Hall–Kier alpha value is -0.780. The molecule has 1 saturated carbocycles. The molecular weight excluding hydrogens is 192 g/mol. The van der Waals surface area contributed by atoms with Crippen LogP contribution in [0, 0.1) is 5.92 Å². The molecule has 0 aromatic heterocycles. The maximum absolute atomic E-state index is 4.01. The highest BCUT2D eigenvalue weighted by Crippen LogP contribution is 2.32. The van der Waals surface area contributed by atoms with Crippen LogP contribution >= 0.6 is 0 Å². The minimum atomic E-state index is 0.800. The van der Waals surface area contributed by atoms with Gasteiger partial charge >= 0.3 is 0 Å². The molecule has 0 nitrogen and oxygen atoms in total. The monoisotopic (exact) mass is 216 g/mol. The molecule has 1 fully saturated rings. The maximum Gasteiger partial charge on any atom is -0.0162 e. The Bertz CT molecular complexity index is 287. The molecule has 0 heterocycles. The zero-order chi connectivity index (χ0) is 11.2. The zero-order valence-electron chi connectivity index (χ0n) is 10.4. The summed E-state index contributed by atoms with van der Waals surface area (Å²) in [6.07, 6.45) is 19.3. The summed E-state index contributed by atoms with van der Waals surface area (Å²) < 4.78 is 0. The van der Waals surface area contributed by atoms with E-state index in [0.717, 1.165) is 5.92 Å². The van der Waals surface area contributed by atoms with Crippen LogP contribution in [0.2, 0.25) is 0 Å². The lowest BCUT2D eigenvalue weighted by Crippen LogP contribution is -2.08. The highest BCUT2D eigenvalue weighted by molar-refractivity contribution is 5.32. The molecule has 0 radical (unpaired) electrons. The van der Waals surface area contributed by atoms with Crippen molar-refractivity contribution in [2.45, 2.75) is 57.8 Å². The predicted octanol–water partition coefficient (Wildman–Crippen LogP) is 5.18. The van der Waals surface area contributed by atoms with Crippen molar-refractivity contribution in [2.75, 3.05) is 0 Å². The summed E-state index contributed by atoms with van der Waals surface area (Å²) in [5, 5.41) is 0. The van der Waals surface area contributed by atoms with Gasteiger partial charge in [0.1, 0.15) is 0 Å². The fraction of sp³-hybridized carbons (Fsp3) is 0.625. The largest absolute Gasteiger partial charge is 0.0988 e. The van der Waals surface area contributed by atoms with Crippen LogP contribution in [0.4, 0.5) is 0 Å². The van der Waals surface area contributed by atoms with Crippen molar-refractivity contribution in [3.8, 4) is 0 Å². The Kier molecular flexibility index (Phi) is 4.44. The van der Waals surface area contributed by atoms with Crippen LogP contribution in [-0.2, 0) is 0 Å². The second kappa shape index (κ2) is 6.08. The van der Waals surface area contributed by atoms with Gasteiger partial charge in [-0.15, -0.1) is 0 Å². The first kappa shape index (κ1) is 11.7. The average Bonchev–Trinajstić information content (AvgIpc) is 2.38. The van der Waals surface area contributed by atoms with E-state index in [9.17, 15) is 0 Å². The SMILES string of the molecule is C=CC(=CC1=CCCCC1)C1CCCCC1. The topological polar surface area (TPSA) is 0 Å². The van der Waals surface area contributed by atoms with E-state index in [1.807, 2.05) is 0 Å². The van der Waals surface area contributed by atoms with Gasteiger partial charge in [-0.2, -0.15) is 0 Å². The smallest absolute Gasteiger partial charge is 0.0162 e. The van der Waals surface area contributed by atoms with E-state index in [-0.39, 0.29) is 0 Å². The minimum absolute atomic E-state index is 0.800. The molecule has 2 rings (SSSR count). The molecule has 0 aliphatic heterocycles. The van der Waals surface area contributed by atoms with Crippen molar-refractivity contribution < 1.29 is 0 Å². The molecule has 16 heavy (non-hydrogen) atoms. The van der Waals surface area contributed by atoms with E-state index < -0.39 is 0 Å². The third-order valence-corrected chi connectivity index (χ3v) is 3.99. The van der Waals surface area contributed by atoms with Crippen molar-refractivity contribution >= 4 is 0 Å². The highest BCUT2D eigenvalue weighted by atomic mass is 14.2. The summed E-state index contributed by atoms with van der Waals surface area (Å²) in [7, 11) is 0. The lowest BCUT2D eigenvalue weighted by molar-refractivity contribution is 0.408. The van der Waals surface area contributed by atoms with Gasteiger partial charge in [-0.3, -0.25) is 0 Å². The fourth-order valence-electron chi connectivity index (χ4n) is 2.99. The van der Waals surface area contributed by atoms with Crippen LogP contribution < -0.4 is 0 Å². The van der Waals surface area contributed by atoms with Crippen LogP contribution in [0.5, 0.6) is 0 Å². The number of allylic oxidation sites excluding steroid dienone is 5. The van der Waals surface area contributed by atoms with Gasteiger partial charge in [-0.1, -0.05) is 49.6 Å². The molecule has 0 aromatic carbocycles. The van der Waals surface area contributed by atoms with Gasteiger partial charge < -0.3 is 0 Å². The molecule has 0 heteroatoms. The van der Waals surface area contributed by atoms with Crippen molar-refractivity contribution in [2.24, 2.45) is 5.92 Å². The predicted molar refractivity (Wildman–Crippen MR) is 71.4 cm³/mol. The molecule has 0 N–H and O–H groups in total. The van der Waals surface area contributed by atoms with Crippen molar-refractivity contribution in [1.82, 2.24) is 0 Å². The Morgan fingerprint density at radius 2 is 1.94 bits per heavy atom. The van der Waals surface area contributed by atoms with E-state index in [1.54, 1.807) is 5.57 Å². The van der Waals surface area contributed by atoms with Crippen LogP contribution in [0.15, 0.2) is 36.0 Å². The fourth-order valence-corrected chi connectivity index (χ4v) is 2.99. The molecular formula is C16H24. The molecule has 0 atom stereocenters. The Balaban J connectivity index is 2.04. The first-order chi connectivity index (χ1) is 7.90. The lowest BCUT2D eigenvalue weighted by Gasteiger charge is -2.23. The number of hydrogen-bond acceptors (Lipinski definition) is 0. The molecule has 0 saturated heterocycles.